The lowest BCUT2D eigenvalue weighted by Gasteiger charge is -2.11. The van der Waals surface area contributed by atoms with E-state index in [1.54, 1.807) is 0 Å². The normalized spacial score (nSPS) is 11.3. The van der Waals surface area contributed by atoms with Gasteiger partial charge in [-0.3, -0.25) is 20.0 Å². The second-order valence-electron chi connectivity index (χ2n) is 9.42. The van der Waals surface area contributed by atoms with E-state index < -0.39 is 6.09 Å². The molecule has 0 aliphatic carbocycles. The molecule has 13 nitrogen and oxygen atoms in total. The number of carbonyl (C=O) groups is 2. The molecule has 14 heteroatoms. The fourth-order valence-electron chi connectivity index (χ4n) is 4.34. The second-order valence-corrected chi connectivity index (χ2v) is 9.78. The number of nitrogens with zero attached hydrogens (tertiary/aromatic N) is 7. The standard InChI is InChI=1S/C28H32ClN7O6/c1-2-3-11-25-30-26(29)24(19-37)34(25)18-20-12-14-21(15-13-20)22-9-5-6-10-23(22)27-31-33-35(32-27)28(38)41-16-7-4-8-17-42-36(39)40/h5-6,9-10,12-15,19,39-40H,2-4,7-8,11,16-18H2,1H3. The topological polar surface area (TPSA) is 158 Å². The molecule has 0 aliphatic heterocycles. The third kappa shape index (κ3) is 8.05. The zero-order chi connectivity index (χ0) is 29.9. The molecule has 42 heavy (non-hydrogen) atoms. The third-order valence-corrected chi connectivity index (χ3v) is 6.76. The highest BCUT2D eigenvalue weighted by atomic mass is 35.5. The van der Waals surface area contributed by atoms with Crippen LogP contribution in [0.4, 0.5) is 4.79 Å². The molecule has 0 fully saturated rings. The Morgan fingerprint density at radius 2 is 1.76 bits per heavy atom. The summed E-state index contributed by atoms with van der Waals surface area (Å²) in [4.78, 5) is 33.7. The van der Waals surface area contributed by atoms with Crippen molar-refractivity contribution in [1.82, 2.24) is 35.1 Å². The van der Waals surface area contributed by atoms with Gasteiger partial charge in [0.05, 0.1) is 18.6 Å². The molecule has 0 aliphatic rings. The molecule has 2 aromatic heterocycles. The molecule has 0 unspecified atom stereocenters. The predicted octanol–water partition coefficient (Wildman–Crippen LogP) is 5.23. The van der Waals surface area contributed by atoms with E-state index in [2.05, 4.69) is 32.2 Å². The highest BCUT2D eigenvalue weighted by Gasteiger charge is 2.18. The van der Waals surface area contributed by atoms with Gasteiger partial charge in [0.15, 0.2) is 11.4 Å². The van der Waals surface area contributed by atoms with Gasteiger partial charge in [0.25, 0.3) is 0 Å². The lowest BCUT2D eigenvalue weighted by molar-refractivity contribution is -0.492. The Balaban J connectivity index is 1.42. The minimum atomic E-state index is -0.753. The monoisotopic (exact) mass is 597 g/mol. The van der Waals surface area contributed by atoms with Gasteiger partial charge in [-0.15, -0.1) is 10.2 Å². The quantitative estimate of drug-likeness (QED) is 0.105. The van der Waals surface area contributed by atoms with Crippen molar-refractivity contribution in [3.05, 3.63) is 70.8 Å². The van der Waals surface area contributed by atoms with Crippen molar-refractivity contribution in [2.24, 2.45) is 0 Å². The van der Waals surface area contributed by atoms with Crippen molar-refractivity contribution in [3.8, 4) is 22.5 Å². The number of aldehydes is 1. The number of aromatic nitrogens is 6. The van der Waals surface area contributed by atoms with Crippen LogP contribution in [0.2, 0.25) is 5.15 Å². The molecule has 4 rings (SSSR count). The minimum Gasteiger partial charge on any atom is -0.447 e. The van der Waals surface area contributed by atoms with Crippen LogP contribution in [0.25, 0.3) is 22.5 Å². The van der Waals surface area contributed by atoms with E-state index in [1.165, 1.54) is 0 Å². The van der Waals surface area contributed by atoms with Gasteiger partial charge in [0, 0.05) is 18.5 Å². The summed E-state index contributed by atoms with van der Waals surface area (Å²) in [5, 5.41) is 29.0. The zero-order valence-corrected chi connectivity index (χ0v) is 23.9. The molecular weight excluding hydrogens is 566 g/mol. The Bertz CT molecular complexity index is 1470. The van der Waals surface area contributed by atoms with Crippen molar-refractivity contribution >= 4 is 24.0 Å². The number of imidazole rings is 1. The number of tetrazole rings is 1. The maximum atomic E-state index is 12.4. The van der Waals surface area contributed by atoms with Gasteiger partial charge >= 0.3 is 6.09 Å². The number of benzene rings is 2. The van der Waals surface area contributed by atoms with Crippen LogP contribution >= 0.6 is 11.6 Å². The van der Waals surface area contributed by atoms with Crippen LogP contribution in [0.15, 0.2) is 48.5 Å². The molecule has 0 bridgehead atoms. The number of rotatable bonds is 15. The number of aryl methyl sites for hydroxylation is 1. The Hall–Kier alpha value is -4.01. The summed E-state index contributed by atoms with van der Waals surface area (Å²) < 4.78 is 7.07. The Labute approximate surface area is 247 Å². The molecule has 0 saturated carbocycles. The minimum absolute atomic E-state index is 0.123. The van der Waals surface area contributed by atoms with E-state index in [0.717, 1.165) is 52.9 Å². The lowest BCUT2D eigenvalue weighted by atomic mass is 9.98. The third-order valence-electron chi connectivity index (χ3n) is 6.48. The van der Waals surface area contributed by atoms with Crippen LogP contribution in [0, 0.1) is 0 Å². The van der Waals surface area contributed by atoms with E-state index in [-0.39, 0.29) is 29.6 Å². The fraction of sp³-hybridized carbons (Fsp3) is 0.357. The first-order chi connectivity index (χ1) is 20.4. The van der Waals surface area contributed by atoms with E-state index >= 15 is 0 Å². The number of ether oxygens (including phenoxy) is 1. The SMILES string of the molecule is CCCCc1nc(Cl)c(C=O)n1Cc1ccc(-c2ccccc2-c2nnn(C(=O)OCCCCCON(O)O)n2)cc1. The van der Waals surface area contributed by atoms with Crippen molar-refractivity contribution in [1.29, 1.82) is 0 Å². The second kappa shape index (κ2) is 15.3. The molecule has 0 atom stereocenters. The number of carbonyl (C=O) groups excluding carboxylic acids is 2. The highest BCUT2D eigenvalue weighted by molar-refractivity contribution is 6.31. The summed E-state index contributed by atoms with van der Waals surface area (Å²) in [6, 6.07) is 15.4. The van der Waals surface area contributed by atoms with Crippen molar-refractivity contribution in [2.75, 3.05) is 13.2 Å². The van der Waals surface area contributed by atoms with Gasteiger partial charge in [0.1, 0.15) is 11.5 Å². The average molecular weight is 598 g/mol. The molecule has 222 valence electrons. The van der Waals surface area contributed by atoms with Crippen LogP contribution in [0.3, 0.4) is 0 Å². The summed E-state index contributed by atoms with van der Waals surface area (Å²) in [7, 11) is 0. The molecule has 2 heterocycles. The number of hydrogen-bond donors (Lipinski definition) is 2. The smallest absolute Gasteiger partial charge is 0.447 e. The van der Waals surface area contributed by atoms with Crippen LogP contribution in [0.1, 0.15) is 60.9 Å². The fourth-order valence-corrected chi connectivity index (χ4v) is 4.59. The molecule has 0 spiro atoms. The summed E-state index contributed by atoms with van der Waals surface area (Å²) in [6.45, 7) is 2.82. The summed E-state index contributed by atoms with van der Waals surface area (Å²) in [5.41, 5.74) is 3.81. The predicted molar refractivity (Wildman–Crippen MR) is 151 cm³/mol. The number of hydrogen-bond acceptors (Lipinski definition) is 11. The van der Waals surface area contributed by atoms with Crippen molar-refractivity contribution in [2.45, 2.75) is 52.0 Å². The molecule has 0 amide bonds. The summed E-state index contributed by atoms with van der Waals surface area (Å²) >= 11 is 6.22. The van der Waals surface area contributed by atoms with E-state index in [0.29, 0.717) is 37.1 Å². The van der Waals surface area contributed by atoms with E-state index in [4.69, 9.17) is 26.8 Å². The van der Waals surface area contributed by atoms with Gasteiger partial charge in [-0.05, 0) is 47.6 Å². The van der Waals surface area contributed by atoms with Gasteiger partial charge in [-0.1, -0.05) is 78.3 Å². The van der Waals surface area contributed by atoms with Gasteiger partial charge in [0.2, 0.25) is 5.82 Å². The molecule has 0 radical (unpaired) electrons. The van der Waals surface area contributed by atoms with Crippen LogP contribution in [-0.4, -0.2) is 71.2 Å². The van der Waals surface area contributed by atoms with Gasteiger partial charge < -0.3 is 9.30 Å². The van der Waals surface area contributed by atoms with Crippen molar-refractivity contribution in [3.63, 3.8) is 0 Å². The Kier molecular flexibility index (Phi) is 11.3. The molecular formula is C28H32ClN7O6. The van der Waals surface area contributed by atoms with Crippen LogP contribution < -0.4 is 0 Å². The van der Waals surface area contributed by atoms with Crippen LogP contribution in [-0.2, 0) is 22.5 Å². The first-order valence-corrected chi connectivity index (χ1v) is 14.0. The maximum absolute atomic E-state index is 12.4. The highest BCUT2D eigenvalue weighted by Crippen LogP contribution is 2.30. The maximum Gasteiger partial charge on any atom is 0.453 e. The molecule has 4 aromatic rings. The summed E-state index contributed by atoms with van der Waals surface area (Å²) in [5.74, 6) is 1.06. The first kappa shape index (κ1) is 30.9. The number of halogens is 1. The molecule has 2 N–H and O–H groups in total. The lowest BCUT2D eigenvalue weighted by Crippen LogP contribution is -2.18. The average Bonchev–Trinajstić information content (AvgIpc) is 3.60. The van der Waals surface area contributed by atoms with E-state index in [9.17, 15) is 9.59 Å². The largest absolute Gasteiger partial charge is 0.453 e. The van der Waals surface area contributed by atoms with Crippen LogP contribution in [0.5, 0.6) is 0 Å². The molecule has 2 aromatic carbocycles. The number of unbranched alkanes of at least 4 members (excludes halogenated alkanes) is 3. The van der Waals surface area contributed by atoms with Gasteiger partial charge in [-0.2, -0.15) is 0 Å². The Morgan fingerprint density at radius 3 is 2.48 bits per heavy atom. The summed E-state index contributed by atoms with van der Waals surface area (Å²) in [6.07, 6.45) is 4.44. The van der Waals surface area contributed by atoms with E-state index in [1.807, 2.05) is 53.1 Å². The zero-order valence-electron chi connectivity index (χ0n) is 23.1. The van der Waals surface area contributed by atoms with Gasteiger partial charge in [-0.25, -0.2) is 9.78 Å². The van der Waals surface area contributed by atoms with Crippen molar-refractivity contribution < 1.29 is 29.6 Å². The Morgan fingerprint density at radius 1 is 1.02 bits per heavy atom. The molecule has 0 saturated heterocycles. The first-order valence-electron chi connectivity index (χ1n) is 13.6.